The molecule has 2 amide bonds. The van der Waals surface area contributed by atoms with Crippen LogP contribution in [0.5, 0.6) is 5.88 Å². The number of thiazole rings is 1. The van der Waals surface area contributed by atoms with E-state index in [0.29, 0.717) is 35.8 Å². The Kier molecular flexibility index (Phi) is 7.37. The quantitative estimate of drug-likeness (QED) is 0.256. The highest BCUT2D eigenvalue weighted by molar-refractivity contribution is 7.23. The zero-order chi connectivity index (χ0) is 28.6. The molecule has 4 aromatic heterocycles. The Morgan fingerprint density at radius 1 is 1.15 bits per heavy atom. The molecule has 0 unspecified atom stereocenters. The fourth-order valence-electron chi connectivity index (χ4n) is 4.64. The van der Waals surface area contributed by atoms with E-state index in [1.54, 1.807) is 6.07 Å². The topological polar surface area (TPSA) is 119 Å². The van der Waals surface area contributed by atoms with Gasteiger partial charge in [0.05, 0.1) is 24.4 Å². The molecule has 1 fully saturated rings. The summed E-state index contributed by atoms with van der Waals surface area (Å²) in [5.41, 5.74) is 3.22. The summed E-state index contributed by atoms with van der Waals surface area (Å²) in [6, 6.07) is 13.2. The normalized spacial score (nSPS) is 16.3. The van der Waals surface area contributed by atoms with Crippen LogP contribution >= 0.6 is 11.3 Å². The van der Waals surface area contributed by atoms with Gasteiger partial charge in [-0.25, -0.2) is 14.8 Å². The van der Waals surface area contributed by atoms with Crippen molar-refractivity contribution in [3.63, 3.8) is 0 Å². The van der Waals surface area contributed by atoms with Crippen LogP contribution in [0.2, 0.25) is 0 Å². The smallest absolute Gasteiger partial charge is 0.324 e. The summed E-state index contributed by atoms with van der Waals surface area (Å²) in [7, 11) is 0. The molecule has 0 spiro atoms. The Balaban J connectivity index is 1.08. The van der Waals surface area contributed by atoms with E-state index < -0.39 is 6.03 Å². The first-order valence-electron chi connectivity index (χ1n) is 13.6. The molecule has 0 radical (unpaired) electrons. The first kappa shape index (κ1) is 27.2. The number of imidazole rings is 1. The van der Waals surface area contributed by atoms with Crippen molar-refractivity contribution in [1.82, 2.24) is 24.4 Å². The molecular formula is C29H33N7O4S. The maximum atomic E-state index is 12.4. The number of anilines is 2. The molecule has 0 saturated carbocycles. The molecule has 0 bridgehead atoms. The molecule has 12 heteroatoms. The molecule has 1 aliphatic rings. The van der Waals surface area contributed by atoms with Gasteiger partial charge in [0.15, 0.2) is 10.8 Å². The van der Waals surface area contributed by atoms with Crippen molar-refractivity contribution in [2.45, 2.75) is 39.2 Å². The van der Waals surface area contributed by atoms with Gasteiger partial charge >= 0.3 is 6.03 Å². The number of nitrogens with one attached hydrogen (secondary N) is 2. The molecule has 1 aliphatic heterocycles. The predicted molar refractivity (Wildman–Crippen MR) is 159 cm³/mol. The number of ether oxygens (including phenoxy) is 2. The van der Waals surface area contributed by atoms with Crippen molar-refractivity contribution in [2.24, 2.45) is 0 Å². The summed E-state index contributed by atoms with van der Waals surface area (Å²) in [5.74, 6) is 1.68. The monoisotopic (exact) mass is 575 g/mol. The maximum Gasteiger partial charge on any atom is 0.324 e. The van der Waals surface area contributed by atoms with Crippen LogP contribution < -0.4 is 15.4 Å². The van der Waals surface area contributed by atoms with Gasteiger partial charge in [0, 0.05) is 54.1 Å². The lowest BCUT2D eigenvalue weighted by Crippen LogP contribution is -2.45. The largest absolute Gasteiger partial charge is 0.476 e. The van der Waals surface area contributed by atoms with Crippen LogP contribution in [0.3, 0.4) is 0 Å². The van der Waals surface area contributed by atoms with Gasteiger partial charge in [0.1, 0.15) is 17.2 Å². The van der Waals surface area contributed by atoms with E-state index in [0.717, 1.165) is 52.9 Å². The second-order valence-corrected chi connectivity index (χ2v) is 12.1. The van der Waals surface area contributed by atoms with Crippen molar-refractivity contribution >= 4 is 44.2 Å². The van der Waals surface area contributed by atoms with Crippen molar-refractivity contribution in [1.29, 1.82) is 0 Å². The summed E-state index contributed by atoms with van der Waals surface area (Å²) in [5, 5.41) is 9.44. The third-order valence-electron chi connectivity index (χ3n) is 7.00. The molecule has 0 aliphatic carbocycles. The Morgan fingerprint density at radius 3 is 2.73 bits per heavy atom. The standard InChI is InChI=1S/C29H33N7O4S/c1-18-17-38-13-11-35(18)12-14-39-25-10-9-22-26(33-25)41-28-31-21(16-36(22)28)19-5-7-20(8-6-19)30-27(37)32-24-15-23(40-34-24)29(2,3)4/h5-10,15-16,18H,11-14,17H2,1-4H3,(H2,30,32,34,37)/t18-/m0/s1. The third-order valence-corrected chi connectivity index (χ3v) is 7.96. The number of carbonyl (C=O) groups excluding carboxylic acids is 1. The van der Waals surface area contributed by atoms with Gasteiger partial charge in [0.25, 0.3) is 0 Å². The lowest BCUT2D eigenvalue weighted by molar-refractivity contribution is -0.00532. The minimum absolute atomic E-state index is 0.191. The number of amides is 2. The van der Waals surface area contributed by atoms with Crippen LogP contribution in [-0.4, -0.2) is 69.4 Å². The van der Waals surface area contributed by atoms with Gasteiger partial charge in [-0.15, -0.1) is 0 Å². The molecule has 2 N–H and O–H groups in total. The summed E-state index contributed by atoms with van der Waals surface area (Å²) in [6.45, 7) is 12.1. The maximum absolute atomic E-state index is 12.4. The van der Waals surface area contributed by atoms with Crippen molar-refractivity contribution in [2.75, 3.05) is 43.5 Å². The summed E-state index contributed by atoms with van der Waals surface area (Å²) in [4.78, 5) is 26.1. The highest BCUT2D eigenvalue weighted by Crippen LogP contribution is 2.30. The van der Waals surface area contributed by atoms with Crippen LogP contribution in [0, 0.1) is 0 Å². The average Bonchev–Trinajstić information content (AvgIpc) is 3.65. The number of morpholine rings is 1. The number of fused-ring (bicyclic) bond motifs is 3. The van der Waals surface area contributed by atoms with Crippen LogP contribution in [0.4, 0.5) is 16.3 Å². The van der Waals surface area contributed by atoms with E-state index in [9.17, 15) is 4.79 Å². The first-order valence-corrected chi connectivity index (χ1v) is 14.4. The van der Waals surface area contributed by atoms with Gasteiger partial charge in [-0.1, -0.05) is 49.4 Å². The number of pyridine rings is 1. The SMILES string of the molecule is C[C@H]1COCCN1CCOc1ccc2c(n1)sc1nc(-c3ccc(NC(=O)Nc4cc(C(C)(C)C)on4)cc3)cn12. The highest BCUT2D eigenvalue weighted by Gasteiger charge is 2.21. The first-order chi connectivity index (χ1) is 19.7. The van der Waals surface area contributed by atoms with Crippen LogP contribution in [0.1, 0.15) is 33.5 Å². The molecule has 6 rings (SSSR count). The number of hydrogen-bond acceptors (Lipinski definition) is 9. The second-order valence-electron chi connectivity index (χ2n) is 11.1. The highest BCUT2D eigenvalue weighted by atomic mass is 32.1. The third kappa shape index (κ3) is 6.04. The number of aromatic nitrogens is 4. The van der Waals surface area contributed by atoms with Crippen molar-refractivity contribution < 1.29 is 18.8 Å². The average molecular weight is 576 g/mol. The van der Waals surface area contributed by atoms with E-state index in [-0.39, 0.29) is 5.41 Å². The Hall–Kier alpha value is -4.00. The Bertz CT molecular complexity index is 1670. The number of nitrogens with zero attached hydrogens (tertiary/aromatic N) is 5. The minimum Gasteiger partial charge on any atom is -0.476 e. The fourth-order valence-corrected chi connectivity index (χ4v) is 5.61. The summed E-state index contributed by atoms with van der Waals surface area (Å²) >= 11 is 1.52. The molecule has 214 valence electrons. The molecule has 5 aromatic rings. The molecular weight excluding hydrogens is 542 g/mol. The van der Waals surface area contributed by atoms with E-state index in [1.807, 2.05) is 67.8 Å². The summed E-state index contributed by atoms with van der Waals surface area (Å²) < 4.78 is 18.8. The lowest BCUT2D eigenvalue weighted by Gasteiger charge is -2.32. The van der Waals surface area contributed by atoms with Gasteiger partial charge in [-0.05, 0) is 25.1 Å². The molecule has 1 saturated heterocycles. The molecule has 41 heavy (non-hydrogen) atoms. The molecule has 1 aromatic carbocycles. The van der Waals surface area contributed by atoms with E-state index in [4.69, 9.17) is 24.0 Å². The molecule has 11 nitrogen and oxygen atoms in total. The van der Waals surface area contributed by atoms with E-state index >= 15 is 0 Å². The second kappa shape index (κ2) is 11.1. The van der Waals surface area contributed by atoms with Gasteiger partial charge in [-0.3, -0.25) is 14.6 Å². The van der Waals surface area contributed by atoms with E-state index in [2.05, 4.69) is 27.6 Å². The molecule has 1 atom stereocenters. The molecule has 5 heterocycles. The minimum atomic E-state index is -0.396. The zero-order valence-corrected chi connectivity index (χ0v) is 24.3. The van der Waals surface area contributed by atoms with Crippen molar-refractivity contribution in [3.05, 3.63) is 54.4 Å². The van der Waals surface area contributed by atoms with E-state index in [1.165, 1.54) is 11.3 Å². The predicted octanol–water partition coefficient (Wildman–Crippen LogP) is 5.64. The summed E-state index contributed by atoms with van der Waals surface area (Å²) in [6.07, 6.45) is 2.00. The number of rotatable bonds is 7. The van der Waals surface area contributed by atoms with Crippen LogP contribution in [0.25, 0.3) is 26.6 Å². The van der Waals surface area contributed by atoms with Crippen molar-refractivity contribution in [3.8, 4) is 17.1 Å². The fraction of sp³-hybridized carbons (Fsp3) is 0.379. The van der Waals surface area contributed by atoms with Gasteiger partial charge in [0.2, 0.25) is 5.88 Å². The Morgan fingerprint density at radius 2 is 1.98 bits per heavy atom. The van der Waals surface area contributed by atoms with Crippen LogP contribution in [0.15, 0.2) is 53.2 Å². The van der Waals surface area contributed by atoms with Gasteiger partial charge < -0.3 is 19.3 Å². The number of benzene rings is 1. The number of hydrogen-bond donors (Lipinski definition) is 2. The zero-order valence-electron chi connectivity index (χ0n) is 23.5. The van der Waals surface area contributed by atoms with Gasteiger partial charge in [-0.2, -0.15) is 0 Å². The van der Waals surface area contributed by atoms with Crippen LogP contribution in [-0.2, 0) is 10.2 Å². The number of urea groups is 1. The number of carbonyl (C=O) groups is 1. The lowest BCUT2D eigenvalue weighted by atomic mass is 9.93. The Labute approximate surface area is 241 Å².